The van der Waals surface area contributed by atoms with E-state index in [-0.39, 0.29) is 24.6 Å². The second-order valence-electron chi connectivity index (χ2n) is 9.51. The molecule has 0 spiro atoms. The zero-order valence-electron chi connectivity index (χ0n) is 21.2. The molecule has 192 valence electrons. The highest BCUT2D eigenvalue weighted by Crippen LogP contribution is 2.30. The minimum atomic E-state index is -0.366. The first-order valence-electron chi connectivity index (χ1n) is 13.1. The summed E-state index contributed by atoms with van der Waals surface area (Å²) < 4.78 is 12.0. The van der Waals surface area contributed by atoms with Gasteiger partial charge in [-0.25, -0.2) is 9.69 Å². The van der Waals surface area contributed by atoms with E-state index in [4.69, 9.17) is 9.47 Å². The van der Waals surface area contributed by atoms with Gasteiger partial charge in [0, 0.05) is 18.8 Å². The highest BCUT2D eigenvalue weighted by molar-refractivity contribution is 6.26. The number of urea groups is 1. The largest absolute Gasteiger partial charge is 0.490 e. The lowest BCUT2D eigenvalue weighted by Crippen LogP contribution is -2.38. The van der Waals surface area contributed by atoms with Crippen molar-refractivity contribution in [1.29, 1.82) is 0 Å². The SMILES string of the molecule is CCCCN1CCC(Oc2ccc(N3CC(=O)N(c4ccc(Oc5ccccc5)cc4)C3=O)cc2)CC1. The molecular formula is C30H33N3O4. The second-order valence-corrected chi connectivity index (χ2v) is 9.51. The molecule has 0 bridgehead atoms. The fraction of sp³-hybridized carbons (Fsp3) is 0.333. The summed E-state index contributed by atoms with van der Waals surface area (Å²) in [7, 11) is 0. The average Bonchev–Trinajstić information content (AvgIpc) is 3.23. The van der Waals surface area contributed by atoms with Crippen molar-refractivity contribution in [3.05, 3.63) is 78.9 Å². The molecule has 7 nitrogen and oxygen atoms in total. The van der Waals surface area contributed by atoms with Gasteiger partial charge in [0.05, 0.1) is 5.69 Å². The van der Waals surface area contributed by atoms with Gasteiger partial charge in [-0.1, -0.05) is 31.5 Å². The number of likely N-dealkylation sites (tertiary alicyclic amines) is 1. The number of unbranched alkanes of at least 4 members (excludes halogenated alkanes) is 1. The molecule has 2 aliphatic rings. The summed E-state index contributed by atoms with van der Waals surface area (Å²) in [6.45, 7) is 5.54. The number of ether oxygens (including phenoxy) is 2. The van der Waals surface area contributed by atoms with Crippen LogP contribution in [-0.4, -0.2) is 49.1 Å². The quantitative estimate of drug-likeness (QED) is 0.333. The Labute approximate surface area is 218 Å². The fourth-order valence-corrected chi connectivity index (χ4v) is 4.77. The van der Waals surface area contributed by atoms with Gasteiger partial charge in [-0.2, -0.15) is 0 Å². The lowest BCUT2D eigenvalue weighted by atomic mass is 10.1. The third-order valence-corrected chi connectivity index (χ3v) is 6.85. The van der Waals surface area contributed by atoms with Crippen LogP contribution in [0.15, 0.2) is 78.9 Å². The molecule has 3 aromatic carbocycles. The van der Waals surface area contributed by atoms with Gasteiger partial charge in [0.25, 0.3) is 5.91 Å². The zero-order chi connectivity index (χ0) is 25.6. The zero-order valence-corrected chi connectivity index (χ0v) is 21.2. The van der Waals surface area contributed by atoms with Crippen molar-refractivity contribution in [1.82, 2.24) is 4.90 Å². The molecule has 0 saturated carbocycles. The third-order valence-electron chi connectivity index (χ3n) is 6.85. The van der Waals surface area contributed by atoms with Crippen LogP contribution < -0.4 is 19.3 Å². The van der Waals surface area contributed by atoms with E-state index in [1.54, 1.807) is 24.3 Å². The number of amides is 3. The number of rotatable bonds is 9. The number of anilines is 2. The predicted molar refractivity (Wildman–Crippen MR) is 145 cm³/mol. The summed E-state index contributed by atoms with van der Waals surface area (Å²) in [6.07, 6.45) is 4.73. The topological polar surface area (TPSA) is 62.3 Å². The summed E-state index contributed by atoms with van der Waals surface area (Å²) in [5.41, 5.74) is 1.19. The second kappa shape index (κ2) is 11.5. The Hall–Kier alpha value is -3.84. The van der Waals surface area contributed by atoms with Crippen molar-refractivity contribution in [2.75, 3.05) is 36.0 Å². The average molecular weight is 500 g/mol. The molecule has 2 fully saturated rings. The monoisotopic (exact) mass is 499 g/mol. The van der Waals surface area contributed by atoms with Gasteiger partial charge >= 0.3 is 6.03 Å². The minimum absolute atomic E-state index is 0.00246. The molecule has 37 heavy (non-hydrogen) atoms. The number of carbonyl (C=O) groups excluding carboxylic acids is 2. The standard InChI is InChI=1S/C30H33N3O4/c1-2-3-19-31-20-17-28(18-21-31)37-26-13-9-23(10-14-26)32-22-29(34)33(30(32)35)24-11-15-27(16-12-24)36-25-7-5-4-6-8-25/h4-16,28H,2-3,17-22H2,1H3. The van der Waals surface area contributed by atoms with E-state index in [1.165, 1.54) is 29.2 Å². The van der Waals surface area contributed by atoms with E-state index in [0.29, 0.717) is 17.1 Å². The minimum Gasteiger partial charge on any atom is -0.490 e. The van der Waals surface area contributed by atoms with E-state index < -0.39 is 0 Å². The van der Waals surface area contributed by atoms with E-state index in [9.17, 15) is 9.59 Å². The molecule has 0 N–H and O–H groups in total. The van der Waals surface area contributed by atoms with Crippen LogP contribution in [0.3, 0.4) is 0 Å². The van der Waals surface area contributed by atoms with Crippen LogP contribution in [0.1, 0.15) is 32.6 Å². The van der Waals surface area contributed by atoms with E-state index in [2.05, 4.69) is 11.8 Å². The molecule has 3 aromatic rings. The molecule has 3 amide bonds. The van der Waals surface area contributed by atoms with Crippen molar-refractivity contribution in [3.8, 4) is 17.2 Å². The smallest absolute Gasteiger partial charge is 0.336 e. The van der Waals surface area contributed by atoms with Gasteiger partial charge in [-0.15, -0.1) is 0 Å². The van der Waals surface area contributed by atoms with Crippen LogP contribution in [0.25, 0.3) is 0 Å². The van der Waals surface area contributed by atoms with Crippen LogP contribution in [0, 0.1) is 0 Å². The summed E-state index contributed by atoms with van der Waals surface area (Å²) in [5.74, 6) is 1.88. The van der Waals surface area contributed by atoms with Crippen LogP contribution in [0.5, 0.6) is 17.2 Å². The first kappa shape index (κ1) is 24.8. The number of hydrogen-bond acceptors (Lipinski definition) is 5. The summed E-state index contributed by atoms with van der Waals surface area (Å²) >= 11 is 0. The van der Waals surface area contributed by atoms with Crippen molar-refractivity contribution in [3.63, 3.8) is 0 Å². The van der Waals surface area contributed by atoms with Gasteiger partial charge < -0.3 is 14.4 Å². The number of benzene rings is 3. The molecule has 0 aliphatic carbocycles. The number of nitrogens with zero attached hydrogens (tertiary/aromatic N) is 3. The lowest BCUT2D eigenvalue weighted by Gasteiger charge is -2.32. The number of imide groups is 1. The van der Waals surface area contributed by atoms with Crippen molar-refractivity contribution in [2.24, 2.45) is 0 Å². The number of hydrogen-bond donors (Lipinski definition) is 0. The summed E-state index contributed by atoms with van der Waals surface area (Å²) in [6, 6.07) is 23.5. The maximum atomic E-state index is 13.2. The van der Waals surface area contributed by atoms with Crippen molar-refractivity contribution < 1.29 is 19.1 Å². The Kier molecular flexibility index (Phi) is 7.70. The van der Waals surface area contributed by atoms with Gasteiger partial charge in [0.15, 0.2) is 0 Å². The fourth-order valence-electron chi connectivity index (χ4n) is 4.77. The van der Waals surface area contributed by atoms with E-state index in [0.717, 1.165) is 37.4 Å². The molecule has 0 unspecified atom stereocenters. The lowest BCUT2D eigenvalue weighted by molar-refractivity contribution is -0.115. The Morgan fingerprint density at radius 3 is 2.08 bits per heavy atom. The van der Waals surface area contributed by atoms with Crippen molar-refractivity contribution >= 4 is 23.3 Å². The predicted octanol–water partition coefficient (Wildman–Crippen LogP) is 6.10. The highest BCUT2D eigenvalue weighted by Gasteiger charge is 2.38. The highest BCUT2D eigenvalue weighted by atomic mass is 16.5. The Bertz CT molecular complexity index is 1190. The van der Waals surface area contributed by atoms with Crippen LogP contribution >= 0.6 is 0 Å². The van der Waals surface area contributed by atoms with Crippen LogP contribution in [-0.2, 0) is 4.79 Å². The van der Waals surface area contributed by atoms with Gasteiger partial charge in [0.2, 0.25) is 0 Å². The molecule has 0 radical (unpaired) electrons. The molecule has 2 heterocycles. The summed E-state index contributed by atoms with van der Waals surface area (Å²) in [5, 5.41) is 0. The molecule has 7 heteroatoms. The van der Waals surface area contributed by atoms with Crippen LogP contribution in [0.4, 0.5) is 16.2 Å². The Morgan fingerprint density at radius 1 is 0.784 bits per heavy atom. The van der Waals surface area contributed by atoms with Crippen LogP contribution in [0.2, 0.25) is 0 Å². The van der Waals surface area contributed by atoms with Gasteiger partial charge in [-0.05, 0) is 86.5 Å². The first-order chi connectivity index (χ1) is 18.1. The third kappa shape index (κ3) is 5.94. The van der Waals surface area contributed by atoms with Gasteiger partial charge in [-0.3, -0.25) is 9.69 Å². The van der Waals surface area contributed by atoms with E-state index >= 15 is 0 Å². The van der Waals surface area contributed by atoms with Crippen molar-refractivity contribution in [2.45, 2.75) is 38.7 Å². The normalized spacial score (nSPS) is 16.9. The summed E-state index contributed by atoms with van der Waals surface area (Å²) in [4.78, 5) is 31.2. The number of piperidine rings is 1. The first-order valence-corrected chi connectivity index (χ1v) is 13.1. The molecule has 2 aliphatic heterocycles. The Morgan fingerprint density at radius 2 is 1.41 bits per heavy atom. The molecule has 0 aromatic heterocycles. The maximum Gasteiger partial charge on any atom is 0.336 e. The van der Waals surface area contributed by atoms with Gasteiger partial charge in [0.1, 0.15) is 29.9 Å². The molecule has 2 saturated heterocycles. The number of carbonyl (C=O) groups is 2. The Balaban J connectivity index is 1.18. The molecule has 5 rings (SSSR count). The van der Waals surface area contributed by atoms with E-state index in [1.807, 2.05) is 54.6 Å². The number of para-hydroxylation sites is 1. The molecular weight excluding hydrogens is 466 g/mol. The maximum absolute atomic E-state index is 13.2. The molecule has 0 atom stereocenters.